The fraction of sp³-hybridized carbons (Fsp3) is 0.476. The molecule has 0 atom stereocenters. The maximum absolute atomic E-state index is 12.3. The number of aromatic amines is 2. The van der Waals surface area contributed by atoms with Crippen LogP contribution in [0, 0.1) is 0 Å². The Hall–Kier alpha value is -3.07. The van der Waals surface area contributed by atoms with Crippen LogP contribution in [0.25, 0.3) is 22.3 Å². The molecular formula is C21H26N6O3. The Bertz CT molecular complexity index is 1050. The number of nitrogens with one attached hydrogen (secondary N) is 2. The van der Waals surface area contributed by atoms with E-state index in [4.69, 9.17) is 9.47 Å². The molecule has 158 valence electrons. The highest BCUT2D eigenvalue weighted by molar-refractivity contribution is 5.94. The number of anilines is 1. The second kappa shape index (κ2) is 7.64. The van der Waals surface area contributed by atoms with Gasteiger partial charge in [-0.3, -0.25) is 5.10 Å². The number of aromatic nitrogens is 4. The Balaban J connectivity index is 1.34. The lowest BCUT2D eigenvalue weighted by Gasteiger charge is -2.37. The van der Waals surface area contributed by atoms with Crippen LogP contribution in [0.4, 0.5) is 10.5 Å². The van der Waals surface area contributed by atoms with Crippen LogP contribution in [-0.4, -0.2) is 76.7 Å². The number of carbonyl (C=O) groups excluding carboxylic acids is 1. The Morgan fingerprint density at radius 2 is 2.07 bits per heavy atom. The molecule has 9 heteroatoms. The van der Waals surface area contributed by atoms with Crippen molar-refractivity contribution < 1.29 is 14.3 Å². The molecule has 0 saturated carbocycles. The number of amides is 1. The first kappa shape index (κ1) is 18.9. The molecule has 0 unspecified atom stereocenters. The number of fused-ring (bicyclic) bond motifs is 1. The van der Waals surface area contributed by atoms with Crippen molar-refractivity contribution in [1.29, 1.82) is 0 Å². The Labute approximate surface area is 174 Å². The molecule has 2 aliphatic heterocycles. The van der Waals surface area contributed by atoms with Crippen LogP contribution in [0.2, 0.25) is 0 Å². The van der Waals surface area contributed by atoms with Crippen LogP contribution in [0.1, 0.15) is 25.5 Å². The van der Waals surface area contributed by atoms with E-state index in [1.165, 1.54) is 0 Å². The average Bonchev–Trinajstić information content (AvgIpc) is 3.37. The minimum absolute atomic E-state index is 0.0905. The van der Waals surface area contributed by atoms with E-state index >= 15 is 0 Å². The maximum atomic E-state index is 12.3. The van der Waals surface area contributed by atoms with E-state index in [0.29, 0.717) is 32.2 Å². The van der Waals surface area contributed by atoms with Crippen molar-refractivity contribution in [3.8, 4) is 11.3 Å². The van der Waals surface area contributed by atoms with Crippen LogP contribution in [-0.2, 0) is 9.47 Å². The van der Waals surface area contributed by atoms with Crippen LogP contribution >= 0.6 is 0 Å². The standard InChI is InChI=1S/C21H26N6O3/c1-13(2)19-16(10-23-25-19)17-9-15-18(3-4-22-20(15)24-17)26-5-7-27(8-6-26)21(28)30-14-11-29-12-14/h3-4,9-10,13-14H,5-8,11-12H2,1-2H3,(H,22,24)(H,23,25). The quantitative estimate of drug-likeness (QED) is 0.686. The summed E-state index contributed by atoms with van der Waals surface area (Å²) < 4.78 is 10.5. The number of carbonyl (C=O) groups is 1. The van der Waals surface area contributed by atoms with Gasteiger partial charge in [-0.1, -0.05) is 13.8 Å². The SMILES string of the molecule is CC(C)c1[nH]ncc1-c1cc2c(N3CCN(C(=O)OC4COC4)CC3)ccnc2[nH]1. The third kappa shape index (κ3) is 3.39. The molecule has 0 aliphatic carbocycles. The molecular weight excluding hydrogens is 384 g/mol. The van der Waals surface area contributed by atoms with Gasteiger partial charge in [0.15, 0.2) is 6.10 Å². The highest BCUT2D eigenvalue weighted by atomic mass is 16.6. The van der Waals surface area contributed by atoms with Gasteiger partial charge in [0.25, 0.3) is 0 Å². The molecule has 3 aromatic heterocycles. The summed E-state index contributed by atoms with van der Waals surface area (Å²) in [5.41, 5.74) is 5.16. The lowest BCUT2D eigenvalue weighted by molar-refractivity contribution is -0.104. The third-order valence-electron chi connectivity index (χ3n) is 5.80. The second-order valence-corrected chi connectivity index (χ2v) is 8.14. The monoisotopic (exact) mass is 410 g/mol. The molecule has 30 heavy (non-hydrogen) atoms. The normalized spacial score (nSPS) is 17.6. The van der Waals surface area contributed by atoms with Gasteiger partial charge in [-0.25, -0.2) is 9.78 Å². The maximum Gasteiger partial charge on any atom is 0.410 e. The number of hydrogen-bond donors (Lipinski definition) is 2. The van der Waals surface area contributed by atoms with E-state index < -0.39 is 0 Å². The summed E-state index contributed by atoms with van der Waals surface area (Å²) in [5.74, 6) is 0.348. The van der Waals surface area contributed by atoms with E-state index in [1.54, 1.807) is 4.90 Å². The number of hydrogen-bond acceptors (Lipinski definition) is 6. The number of H-pyrrole nitrogens is 2. The summed E-state index contributed by atoms with van der Waals surface area (Å²) in [5, 5.41) is 8.41. The first-order valence-corrected chi connectivity index (χ1v) is 10.4. The van der Waals surface area contributed by atoms with Crippen LogP contribution < -0.4 is 4.90 Å². The van der Waals surface area contributed by atoms with Gasteiger partial charge in [0.05, 0.1) is 25.1 Å². The predicted molar refractivity (Wildman–Crippen MR) is 113 cm³/mol. The summed E-state index contributed by atoms with van der Waals surface area (Å²) in [6.07, 6.45) is 3.35. The minimum atomic E-state index is -0.243. The number of rotatable bonds is 4. The zero-order valence-corrected chi connectivity index (χ0v) is 17.2. The average molecular weight is 410 g/mol. The van der Waals surface area contributed by atoms with Crippen molar-refractivity contribution in [1.82, 2.24) is 25.1 Å². The van der Waals surface area contributed by atoms with E-state index in [-0.39, 0.29) is 12.2 Å². The van der Waals surface area contributed by atoms with Crippen LogP contribution in [0.3, 0.4) is 0 Å². The van der Waals surface area contributed by atoms with Crippen molar-refractivity contribution in [3.05, 3.63) is 30.2 Å². The third-order valence-corrected chi connectivity index (χ3v) is 5.80. The Kier molecular flexibility index (Phi) is 4.82. The van der Waals surface area contributed by atoms with Gasteiger partial charge < -0.3 is 24.3 Å². The topological polar surface area (TPSA) is 99.4 Å². The number of piperazine rings is 1. The molecule has 0 spiro atoms. The molecule has 2 aliphatic rings. The number of nitrogens with zero attached hydrogens (tertiary/aromatic N) is 4. The minimum Gasteiger partial charge on any atom is -0.441 e. The zero-order valence-electron chi connectivity index (χ0n) is 17.2. The molecule has 5 heterocycles. The Morgan fingerprint density at radius 3 is 2.77 bits per heavy atom. The van der Waals surface area contributed by atoms with Gasteiger partial charge in [0.1, 0.15) is 5.65 Å². The summed E-state index contributed by atoms with van der Waals surface area (Å²) in [7, 11) is 0. The molecule has 0 bridgehead atoms. The number of ether oxygens (including phenoxy) is 2. The van der Waals surface area contributed by atoms with E-state index in [2.05, 4.69) is 45.0 Å². The highest BCUT2D eigenvalue weighted by Gasteiger charge is 2.28. The summed E-state index contributed by atoms with van der Waals surface area (Å²) >= 11 is 0. The van der Waals surface area contributed by atoms with Gasteiger partial charge in [-0.15, -0.1) is 0 Å². The molecule has 0 aromatic carbocycles. The van der Waals surface area contributed by atoms with Crippen molar-refractivity contribution in [3.63, 3.8) is 0 Å². The van der Waals surface area contributed by atoms with Crippen LogP contribution in [0.15, 0.2) is 24.5 Å². The van der Waals surface area contributed by atoms with E-state index in [9.17, 15) is 4.79 Å². The van der Waals surface area contributed by atoms with Gasteiger partial charge in [0.2, 0.25) is 0 Å². The van der Waals surface area contributed by atoms with Crippen molar-refractivity contribution in [2.75, 3.05) is 44.3 Å². The molecule has 1 amide bonds. The zero-order chi connectivity index (χ0) is 20.7. The van der Waals surface area contributed by atoms with Crippen molar-refractivity contribution in [2.45, 2.75) is 25.9 Å². The van der Waals surface area contributed by atoms with Gasteiger partial charge in [-0.2, -0.15) is 5.10 Å². The molecule has 5 rings (SSSR count). The van der Waals surface area contributed by atoms with Crippen molar-refractivity contribution >= 4 is 22.8 Å². The van der Waals surface area contributed by atoms with Crippen molar-refractivity contribution in [2.24, 2.45) is 0 Å². The fourth-order valence-corrected chi connectivity index (χ4v) is 4.01. The second-order valence-electron chi connectivity index (χ2n) is 8.14. The van der Waals surface area contributed by atoms with Gasteiger partial charge in [0, 0.05) is 54.7 Å². The van der Waals surface area contributed by atoms with Gasteiger partial charge >= 0.3 is 6.09 Å². The molecule has 0 radical (unpaired) electrons. The molecule has 9 nitrogen and oxygen atoms in total. The van der Waals surface area contributed by atoms with E-state index in [0.717, 1.165) is 46.8 Å². The summed E-state index contributed by atoms with van der Waals surface area (Å²) in [6, 6.07) is 4.18. The molecule has 3 aromatic rings. The first-order chi connectivity index (χ1) is 14.6. The van der Waals surface area contributed by atoms with Crippen LogP contribution in [0.5, 0.6) is 0 Å². The van der Waals surface area contributed by atoms with E-state index in [1.807, 2.05) is 18.5 Å². The molecule has 2 fully saturated rings. The Morgan fingerprint density at radius 1 is 1.27 bits per heavy atom. The first-order valence-electron chi connectivity index (χ1n) is 10.4. The lowest BCUT2D eigenvalue weighted by Crippen LogP contribution is -2.51. The molecule has 2 N–H and O–H groups in total. The fourth-order valence-electron chi connectivity index (χ4n) is 4.01. The largest absolute Gasteiger partial charge is 0.441 e. The smallest absolute Gasteiger partial charge is 0.410 e. The molecule has 2 saturated heterocycles. The summed E-state index contributed by atoms with van der Waals surface area (Å²) in [6.45, 7) is 8.06. The summed E-state index contributed by atoms with van der Waals surface area (Å²) in [4.78, 5) is 24.3. The number of pyridine rings is 1. The van der Waals surface area contributed by atoms with Gasteiger partial charge in [-0.05, 0) is 18.1 Å². The highest BCUT2D eigenvalue weighted by Crippen LogP contribution is 2.33. The predicted octanol–water partition coefficient (Wildman–Crippen LogP) is 2.73. The lowest BCUT2D eigenvalue weighted by atomic mass is 10.0.